The number of benzene rings is 1. The van der Waals surface area contributed by atoms with Crippen molar-refractivity contribution in [2.45, 2.75) is 37.6 Å². The number of sulfonamides is 1. The van der Waals surface area contributed by atoms with Crippen LogP contribution in [-0.4, -0.2) is 32.4 Å². The molecular formula is C14H20ClFN2O2S. The van der Waals surface area contributed by atoms with Gasteiger partial charge in [-0.3, -0.25) is 0 Å². The molecular weight excluding hydrogens is 315 g/mol. The summed E-state index contributed by atoms with van der Waals surface area (Å²) in [6.07, 6.45) is 2.54. The maximum absolute atomic E-state index is 14.5. The molecule has 2 rings (SSSR count). The van der Waals surface area contributed by atoms with Gasteiger partial charge in [0.2, 0.25) is 10.0 Å². The van der Waals surface area contributed by atoms with Gasteiger partial charge in [-0.1, -0.05) is 18.5 Å². The first kappa shape index (κ1) is 16.7. The van der Waals surface area contributed by atoms with Gasteiger partial charge in [0.25, 0.3) is 0 Å². The zero-order valence-electron chi connectivity index (χ0n) is 12.0. The Kier molecular flexibility index (Phi) is 5.60. The lowest BCUT2D eigenvalue weighted by molar-refractivity contribution is 0.467. The molecule has 1 aromatic carbocycles. The van der Waals surface area contributed by atoms with E-state index in [-0.39, 0.29) is 22.0 Å². The van der Waals surface area contributed by atoms with Crippen molar-refractivity contribution >= 4 is 21.6 Å². The molecule has 0 radical (unpaired) electrons. The Morgan fingerprint density at radius 2 is 2.00 bits per heavy atom. The van der Waals surface area contributed by atoms with Crippen LogP contribution in [0.5, 0.6) is 0 Å². The van der Waals surface area contributed by atoms with E-state index in [4.69, 9.17) is 11.6 Å². The minimum atomic E-state index is -3.80. The molecule has 7 heteroatoms. The van der Waals surface area contributed by atoms with E-state index in [9.17, 15) is 12.8 Å². The van der Waals surface area contributed by atoms with Crippen molar-refractivity contribution in [1.82, 2.24) is 9.62 Å². The summed E-state index contributed by atoms with van der Waals surface area (Å²) in [7, 11) is -3.80. The number of hydrogen-bond donors (Lipinski definition) is 1. The molecule has 118 valence electrons. The van der Waals surface area contributed by atoms with Crippen molar-refractivity contribution < 1.29 is 12.8 Å². The van der Waals surface area contributed by atoms with Crippen LogP contribution in [0.25, 0.3) is 0 Å². The molecule has 0 saturated carbocycles. The largest absolute Gasteiger partial charge is 0.313 e. The normalized spacial score (nSPS) is 16.5. The molecule has 1 heterocycles. The smallest absolute Gasteiger partial charge is 0.246 e. The molecule has 1 saturated heterocycles. The highest BCUT2D eigenvalue weighted by Gasteiger charge is 2.31. The highest BCUT2D eigenvalue weighted by atomic mass is 35.5. The van der Waals surface area contributed by atoms with Crippen LogP contribution in [-0.2, 0) is 16.6 Å². The highest BCUT2D eigenvalue weighted by Crippen LogP contribution is 2.28. The first-order chi connectivity index (χ1) is 9.96. The summed E-state index contributed by atoms with van der Waals surface area (Å²) < 4.78 is 40.8. The van der Waals surface area contributed by atoms with Gasteiger partial charge in [-0.15, -0.1) is 0 Å². The summed E-state index contributed by atoms with van der Waals surface area (Å²) in [5.41, 5.74) is 0.286. The first-order valence-corrected chi connectivity index (χ1v) is 8.97. The lowest BCUT2D eigenvalue weighted by Gasteiger charge is -2.17. The van der Waals surface area contributed by atoms with E-state index in [0.29, 0.717) is 13.1 Å². The van der Waals surface area contributed by atoms with Gasteiger partial charge in [-0.25, -0.2) is 12.8 Å². The van der Waals surface area contributed by atoms with Crippen molar-refractivity contribution in [3.63, 3.8) is 0 Å². The Morgan fingerprint density at radius 3 is 2.62 bits per heavy atom. The number of rotatable bonds is 6. The summed E-state index contributed by atoms with van der Waals surface area (Å²) in [4.78, 5) is -0.315. The average Bonchev–Trinajstić information content (AvgIpc) is 2.97. The third-order valence-corrected chi connectivity index (χ3v) is 5.62. The molecule has 1 fully saturated rings. The zero-order chi connectivity index (χ0) is 15.5. The van der Waals surface area contributed by atoms with Crippen LogP contribution in [0.2, 0.25) is 5.02 Å². The zero-order valence-corrected chi connectivity index (χ0v) is 13.6. The van der Waals surface area contributed by atoms with Crippen molar-refractivity contribution in [3.05, 3.63) is 28.5 Å². The molecule has 0 aliphatic carbocycles. The summed E-state index contributed by atoms with van der Waals surface area (Å²) >= 11 is 5.97. The third-order valence-electron chi connectivity index (χ3n) is 3.50. The van der Waals surface area contributed by atoms with E-state index < -0.39 is 15.8 Å². The van der Waals surface area contributed by atoms with Crippen LogP contribution in [0.4, 0.5) is 4.39 Å². The van der Waals surface area contributed by atoms with Gasteiger partial charge in [0.05, 0.1) is 0 Å². The van der Waals surface area contributed by atoms with Crippen LogP contribution >= 0.6 is 11.6 Å². The maximum atomic E-state index is 14.5. The molecule has 21 heavy (non-hydrogen) atoms. The Morgan fingerprint density at radius 1 is 1.33 bits per heavy atom. The molecule has 1 aliphatic rings. The van der Waals surface area contributed by atoms with E-state index in [2.05, 4.69) is 5.32 Å². The topological polar surface area (TPSA) is 49.4 Å². The number of nitrogens with one attached hydrogen (secondary N) is 1. The predicted octanol–water partition coefficient (Wildman–Crippen LogP) is 2.76. The monoisotopic (exact) mass is 334 g/mol. The van der Waals surface area contributed by atoms with E-state index in [0.717, 1.165) is 25.8 Å². The Hall–Kier alpha value is -0.690. The molecule has 1 aromatic rings. The molecule has 0 spiro atoms. The van der Waals surface area contributed by atoms with Gasteiger partial charge in [-0.2, -0.15) is 4.31 Å². The highest BCUT2D eigenvalue weighted by molar-refractivity contribution is 7.89. The van der Waals surface area contributed by atoms with Gasteiger partial charge in [0.1, 0.15) is 10.7 Å². The second kappa shape index (κ2) is 7.05. The van der Waals surface area contributed by atoms with Crippen LogP contribution < -0.4 is 5.32 Å². The first-order valence-electron chi connectivity index (χ1n) is 7.15. The maximum Gasteiger partial charge on any atom is 0.246 e. The summed E-state index contributed by atoms with van der Waals surface area (Å²) in [5, 5.41) is 3.30. The Balaban J connectivity index is 2.34. The molecule has 0 atom stereocenters. The lowest BCUT2D eigenvalue weighted by Crippen LogP contribution is -2.29. The standard InChI is InChI=1S/C14H20ClFN2O2S/c1-2-5-17-10-11-8-12(15)9-13(14(11)16)21(19,20)18-6-3-4-7-18/h8-9,17H,2-7,10H2,1H3. The summed E-state index contributed by atoms with van der Waals surface area (Å²) in [6.45, 7) is 3.89. The minimum Gasteiger partial charge on any atom is -0.313 e. The van der Waals surface area contributed by atoms with Gasteiger partial charge in [0.15, 0.2) is 0 Å². The molecule has 1 aliphatic heterocycles. The quantitative estimate of drug-likeness (QED) is 0.814. The van der Waals surface area contributed by atoms with Crippen molar-refractivity contribution in [2.24, 2.45) is 0 Å². The van der Waals surface area contributed by atoms with Crippen LogP contribution in [0.1, 0.15) is 31.7 Å². The Labute approximate surface area is 130 Å². The lowest BCUT2D eigenvalue weighted by atomic mass is 10.2. The van der Waals surface area contributed by atoms with Crippen LogP contribution in [0.3, 0.4) is 0 Å². The molecule has 0 aromatic heterocycles. The van der Waals surface area contributed by atoms with Crippen molar-refractivity contribution in [1.29, 1.82) is 0 Å². The molecule has 1 N–H and O–H groups in total. The van der Waals surface area contributed by atoms with E-state index in [1.54, 1.807) is 0 Å². The molecule has 4 nitrogen and oxygen atoms in total. The van der Waals surface area contributed by atoms with Gasteiger partial charge in [-0.05, 0) is 37.9 Å². The Bertz CT molecular complexity index is 601. The van der Waals surface area contributed by atoms with Gasteiger partial charge in [0, 0.05) is 30.2 Å². The molecule has 0 amide bonds. The van der Waals surface area contributed by atoms with Gasteiger partial charge >= 0.3 is 0 Å². The fourth-order valence-electron chi connectivity index (χ4n) is 2.40. The third kappa shape index (κ3) is 3.74. The van der Waals surface area contributed by atoms with E-state index >= 15 is 0 Å². The summed E-state index contributed by atoms with van der Waals surface area (Å²) in [5.74, 6) is -0.699. The van der Waals surface area contributed by atoms with Crippen LogP contribution in [0.15, 0.2) is 17.0 Å². The SMILES string of the molecule is CCCNCc1cc(Cl)cc(S(=O)(=O)N2CCCC2)c1F. The van der Waals surface area contributed by atoms with E-state index in [1.807, 2.05) is 6.92 Å². The summed E-state index contributed by atoms with van der Waals surface area (Å²) in [6, 6.07) is 2.68. The predicted molar refractivity (Wildman–Crippen MR) is 81.4 cm³/mol. The average molecular weight is 335 g/mol. The number of hydrogen-bond acceptors (Lipinski definition) is 3. The van der Waals surface area contributed by atoms with Gasteiger partial charge < -0.3 is 5.32 Å². The van der Waals surface area contributed by atoms with Crippen molar-refractivity contribution in [3.8, 4) is 0 Å². The molecule has 0 bridgehead atoms. The minimum absolute atomic E-state index is 0.238. The van der Waals surface area contributed by atoms with Crippen LogP contribution in [0, 0.1) is 5.82 Å². The number of nitrogens with zero attached hydrogens (tertiary/aromatic N) is 1. The van der Waals surface area contributed by atoms with Crippen molar-refractivity contribution in [2.75, 3.05) is 19.6 Å². The fraction of sp³-hybridized carbons (Fsp3) is 0.571. The second-order valence-corrected chi connectivity index (χ2v) is 7.51. The fourth-order valence-corrected chi connectivity index (χ4v) is 4.36. The molecule has 0 unspecified atom stereocenters. The van der Waals surface area contributed by atoms with E-state index in [1.165, 1.54) is 16.4 Å². The second-order valence-electron chi connectivity index (χ2n) is 5.17. The number of halogens is 2.